The third kappa shape index (κ3) is 3.53. The van der Waals surface area contributed by atoms with Crippen LogP contribution < -0.4 is 5.73 Å². The molecule has 2 heterocycles. The van der Waals surface area contributed by atoms with Gasteiger partial charge in [-0.25, -0.2) is 9.97 Å². The molecule has 0 radical (unpaired) electrons. The Morgan fingerprint density at radius 1 is 1.41 bits per heavy atom. The highest BCUT2D eigenvalue weighted by atomic mass is 32.1. The highest BCUT2D eigenvalue weighted by Crippen LogP contribution is 2.29. The minimum atomic E-state index is -0.0575. The number of nitrogens with zero attached hydrogens (tertiary/aromatic N) is 3. The van der Waals surface area contributed by atoms with Crippen molar-refractivity contribution in [3.63, 3.8) is 0 Å². The maximum Gasteiger partial charge on any atom is 0.273 e. The van der Waals surface area contributed by atoms with Gasteiger partial charge in [0.2, 0.25) is 0 Å². The van der Waals surface area contributed by atoms with E-state index in [4.69, 9.17) is 5.73 Å². The Morgan fingerprint density at radius 2 is 2.14 bits per heavy atom. The average Bonchev–Trinajstić information content (AvgIpc) is 3.12. The van der Waals surface area contributed by atoms with Crippen LogP contribution in [0.1, 0.15) is 51.0 Å². The smallest absolute Gasteiger partial charge is 0.273 e. The maximum atomic E-state index is 12.6. The summed E-state index contributed by atoms with van der Waals surface area (Å²) in [4.78, 5) is 24.4. The van der Waals surface area contributed by atoms with Crippen LogP contribution in [-0.2, 0) is 12.8 Å². The molecule has 2 rings (SSSR count). The van der Waals surface area contributed by atoms with E-state index < -0.39 is 0 Å². The van der Waals surface area contributed by atoms with Crippen molar-refractivity contribution < 1.29 is 4.79 Å². The lowest BCUT2D eigenvalue weighted by molar-refractivity contribution is 0.0739. The molecule has 0 fully saturated rings. The van der Waals surface area contributed by atoms with Gasteiger partial charge in [0, 0.05) is 23.7 Å². The van der Waals surface area contributed by atoms with Crippen LogP contribution in [0.2, 0.25) is 0 Å². The van der Waals surface area contributed by atoms with Gasteiger partial charge in [-0.05, 0) is 26.8 Å². The minimum Gasteiger partial charge on any atom is -0.333 e. The fraction of sp³-hybridized carbons (Fsp3) is 0.533. The van der Waals surface area contributed by atoms with E-state index in [2.05, 4.69) is 16.9 Å². The first kappa shape index (κ1) is 17.1. The van der Waals surface area contributed by atoms with E-state index in [9.17, 15) is 4.79 Å². The zero-order chi connectivity index (χ0) is 16.3. The summed E-state index contributed by atoms with van der Waals surface area (Å²) in [6, 6.07) is -0.00930. The standard InChI is InChI=1S/C15H22N4OS2/c1-5-12-17-9(2)14(22-12)10(3)19(4)15(20)11-8-21-13(18-11)6-7-16/h8,10H,5-7,16H2,1-4H3. The molecule has 2 aromatic heterocycles. The Hall–Kier alpha value is -1.31. The van der Waals surface area contributed by atoms with Gasteiger partial charge in [-0.1, -0.05) is 6.92 Å². The largest absolute Gasteiger partial charge is 0.333 e. The van der Waals surface area contributed by atoms with E-state index >= 15 is 0 Å². The summed E-state index contributed by atoms with van der Waals surface area (Å²) in [6.45, 7) is 6.68. The van der Waals surface area contributed by atoms with Crippen LogP contribution in [0.3, 0.4) is 0 Å². The number of aromatic nitrogens is 2. The summed E-state index contributed by atoms with van der Waals surface area (Å²) in [5.41, 5.74) is 7.04. The van der Waals surface area contributed by atoms with Crippen molar-refractivity contribution in [2.24, 2.45) is 5.73 Å². The molecule has 22 heavy (non-hydrogen) atoms. The topological polar surface area (TPSA) is 72.1 Å². The number of carbonyl (C=O) groups excluding carboxylic acids is 1. The summed E-state index contributed by atoms with van der Waals surface area (Å²) in [7, 11) is 1.82. The first-order chi connectivity index (χ1) is 10.5. The van der Waals surface area contributed by atoms with Crippen LogP contribution in [0, 0.1) is 6.92 Å². The van der Waals surface area contributed by atoms with Crippen molar-refractivity contribution >= 4 is 28.6 Å². The molecule has 0 aliphatic rings. The molecule has 0 spiro atoms. The van der Waals surface area contributed by atoms with Crippen molar-refractivity contribution in [2.45, 2.75) is 39.7 Å². The highest BCUT2D eigenvalue weighted by Gasteiger charge is 2.24. The molecule has 0 aliphatic heterocycles. The Labute approximate surface area is 139 Å². The SMILES string of the molecule is CCc1nc(C)c(C(C)N(C)C(=O)c2csc(CCN)n2)s1. The second-order valence-electron chi connectivity index (χ2n) is 5.17. The monoisotopic (exact) mass is 338 g/mol. The molecule has 0 saturated heterocycles. The summed E-state index contributed by atoms with van der Waals surface area (Å²) in [5, 5.41) is 3.83. The Bertz CT molecular complexity index is 650. The van der Waals surface area contributed by atoms with Crippen LogP contribution in [0.5, 0.6) is 0 Å². The van der Waals surface area contributed by atoms with Gasteiger partial charge in [0.25, 0.3) is 5.91 Å². The molecule has 7 heteroatoms. The fourth-order valence-corrected chi connectivity index (χ4v) is 4.08. The maximum absolute atomic E-state index is 12.6. The predicted molar refractivity (Wildman–Crippen MR) is 91.6 cm³/mol. The average molecular weight is 339 g/mol. The van der Waals surface area contributed by atoms with Gasteiger partial charge in [-0.15, -0.1) is 22.7 Å². The molecule has 0 bridgehead atoms. The molecule has 5 nitrogen and oxygen atoms in total. The molecule has 0 aliphatic carbocycles. The number of amides is 1. The van der Waals surface area contributed by atoms with Gasteiger partial charge in [0.1, 0.15) is 5.69 Å². The lowest BCUT2D eigenvalue weighted by Crippen LogP contribution is -2.29. The van der Waals surface area contributed by atoms with Gasteiger partial charge in [-0.2, -0.15) is 0 Å². The van der Waals surface area contributed by atoms with Crippen LogP contribution in [0.15, 0.2) is 5.38 Å². The Balaban J connectivity index is 2.16. The fourth-order valence-electron chi connectivity index (χ4n) is 2.18. The lowest BCUT2D eigenvalue weighted by atomic mass is 10.2. The first-order valence-electron chi connectivity index (χ1n) is 7.35. The normalized spacial score (nSPS) is 12.4. The second kappa shape index (κ2) is 7.30. The van der Waals surface area contributed by atoms with Crippen molar-refractivity contribution in [3.05, 3.63) is 31.7 Å². The number of hydrogen-bond acceptors (Lipinski definition) is 6. The van der Waals surface area contributed by atoms with Crippen LogP contribution in [0.4, 0.5) is 0 Å². The molecule has 0 saturated carbocycles. The van der Waals surface area contributed by atoms with Crippen LogP contribution in [0.25, 0.3) is 0 Å². The molecule has 1 amide bonds. The number of nitrogens with two attached hydrogens (primary N) is 1. The lowest BCUT2D eigenvalue weighted by Gasteiger charge is -2.23. The van der Waals surface area contributed by atoms with Crippen LogP contribution >= 0.6 is 22.7 Å². The van der Waals surface area contributed by atoms with Crippen molar-refractivity contribution in [1.82, 2.24) is 14.9 Å². The number of aryl methyl sites for hydroxylation is 2. The van der Waals surface area contributed by atoms with Crippen molar-refractivity contribution in [2.75, 3.05) is 13.6 Å². The minimum absolute atomic E-state index is 0.00930. The zero-order valence-electron chi connectivity index (χ0n) is 13.4. The van der Waals surface area contributed by atoms with Gasteiger partial charge < -0.3 is 10.6 Å². The van der Waals surface area contributed by atoms with E-state index in [0.717, 1.165) is 27.0 Å². The number of rotatable bonds is 6. The summed E-state index contributed by atoms with van der Waals surface area (Å²) in [5.74, 6) is -0.0575. The molecule has 2 N–H and O–H groups in total. The molecule has 1 unspecified atom stereocenters. The van der Waals surface area contributed by atoms with Gasteiger partial charge in [0.15, 0.2) is 0 Å². The van der Waals surface area contributed by atoms with E-state index in [0.29, 0.717) is 18.7 Å². The summed E-state index contributed by atoms with van der Waals surface area (Å²) < 4.78 is 0. The third-order valence-corrected chi connectivity index (χ3v) is 5.97. The highest BCUT2D eigenvalue weighted by molar-refractivity contribution is 7.11. The second-order valence-corrected chi connectivity index (χ2v) is 7.23. The predicted octanol–water partition coefficient (Wildman–Crippen LogP) is 2.80. The molecule has 2 aromatic rings. The Morgan fingerprint density at radius 3 is 2.73 bits per heavy atom. The van der Waals surface area contributed by atoms with Crippen LogP contribution in [-0.4, -0.2) is 34.4 Å². The molecular formula is C15H22N4OS2. The number of hydrogen-bond donors (Lipinski definition) is 1. The van der Waals surface area contributed by atoms with E-state index in [1.165, 1.54) is 11.3 Å². The van der Waals surface area contributed by atoms with E-state index in [1.54, 1.807) is 16.2 Å². The summed E-state index contributed by atoms with van der Waals surface area (Å²) >= 11 is 3.17. The first-order valence-corrected chi connectivity index (χ1v) is 9.05. The van der Waals surface area contributed by atoms with Crippen molar-refractivity contribution in [3.8, 4) is 0 Å². The molecule has 120 valence electrons. The molecule has 0 aromatic carbocycles. The number of thiazole rings is 2. The van der Waals surface area contributed by atoms with Crippen molar-refractivity contribution in [1.29, 1.82) is 0 Å². The Kier molecular flexibility index (Phi) is 5.66. The van der Waals surface area contributed by atoms with Gasteiger partial charge in [-0.3, -0.25) is 4.79 Å². The zero-order valence-corrected chi connectivity index (χ0v) is 15.1. The number of carbonyl (C=O) groups is 1. The van der Waals surface area contributed by atoms with E-state index in [-0.39, 0.29) is 11.9 Å². The molecule has 1 atom stereocenters. The van der Waals surface area contributed by atoms with Gasteiger partial charge >= 0.3 is 0 Å². The van der Waals surface area contributed by atoms with E-state index in [1.807, 2.05) is 26.3 Å². The van der Waals surface area contributed by atoms with Gasteiger partial charge in [0.05, 0.1) is 21.8 Å². The quantitative estimate of drug-likeness (QED) is 0.879. The molecular weight excluding hydrogens is 316 g/mol. The summed E-state index contributed by atoms with van der Waals surface area (Å²) in [6.07, 6.45) is 1.63. The third-order valence-electron chi connectivity index (χ3n) is 3.59.